The van der Waals surface area contributed by atoms with Crippen molar-refractivity contribution in [2.45, 2.75) is 25.4 Å². The van der Waals surface area contributed by atoms with Gasteiger partial charge in [-0.1, -0.05) is 22.0 Å². The van der Waals surface area contributed by atoms with E-state index in [0.29, 0.717) is 18.7 Å². The number of nitrogens with zero attached hydrogens (tertiary/aromatic N) is 1. The molecule has 0 aliphatic carbocycles. The van der Waals surface area contributed by atoms with Gasteiger partial charge in [-0.3, -0.25) is 4.79 Å². The number of rotatable bonds is 2. The second-order valence-corrected chi connectivity index (χ2v) is 6.18. The van der Waals surface area contributed by atoms with Crippen LogP contribution in [-0.2, 0) is 11.3 Å². The van der Waals surface area contributed by atoms with Gasteiger partial charge in [0.25, 0.3) is 0 Å². The fourth-order valence-electron chi connectivity index (χ4n) is 3.00. The molecular formula is C14H16BrFN2O. The lowest BCUT2D eigenvalue weighted by atomic mass is 9.94. The molecule has 2 saturated heterocycles. The summed E-state index contributed by atoms with van der Waals surface area (Å²) in [5.41, 5.74) is 0.579. The lowest BCUT2D eigenvalue weighted by Crippen LogP contribution is -2.41. The maximum absolute atomic E-state index is 13.8. The van der Waals surface area contributed by atoms with Crippen molar-refractivity contribution in [3.05, 3.63) is 34.1 Å². The Morgan fingerprint density at radius 3 is 3.05 bits per heavy atom. The fourth-order valence-corrected chi connectivity index (χ4v) is 3.33. The van der Waals surface area contributed by atoms with E-state index in [4.69, 9.17) is 0 Å². The first-order chi connectivity index (χ1) is 9.15. The molecule has 19 heavy (non-hydrogen) atoms. The molecule has 0 saturated carbocycles. The van der Waals surface area contributed by atoms with E-state index < -0.39 is 0 Å². The zero-order valence-electron chi connectivity index (χ0n) is 10.5. The molecule has 2 aliphatic rings. The van der Waals surface area contributed by atoms with Crippen LogP contribution in [0.5, 0.6) is 0 Å². The molecule has 2 heterocycles. The first-order valence-corrected chi connectivity index (χ1v) is 7.40. The molecule has 2 unspecified atom stereocenters. The Morgan fingerprint density at radius 2 is 2.32 bits per heavy atom. The second kappa shape index (κ2) is 5.21. The van der Waals surface area contributed by atoms with Crippen molar-refractivity contribution < 1.29 is 9.18 Å². The zero-order valence-corrected chi connectivity index (χ0v) is 12.1. The fraction of sp³-hybridized carbons (Fsp3) is 0.500. The minimum atomic E-state index is -0.259. The molecule has 1 amide bonds. The van der Waals surface area contributed by atoms with Crippen LogP contribution in [0.2, 0.25) is 0 Å². The predicted molar refractivity (Wildman–Crippen MR) is 74.0 cm³/mol. The lowest BCUT2D eigenvalue weighted by molar-refractivity contribution is -0.131. The number of halogens is 2. The van der Waals surface area contributed by atoms with Crippen molar-refractivity contribution in [2.75, 3.05) is 13.1 Å². The highest BCUT2D eigenvalue weighted by Crippen LogP contribution is 2.28. The summed E-state index contributed by atoms with van der Waals surface area (Å²) in [5.74, 6) is -0.00298. The van der Waals surface area contributed by atoms with Crippen molar-refractivity contribution >= 4 is 21.8 Å². The van der Waals surface area contributed by atoms with Gasteiger partial charge >= 0.3 is 0 Å². The first kappa shape index (κ1) is 13.1. The maximum atomic E-state index is 13.8. The number of likely N-dealkylation sites (tertiary alicyclic amines) is 1. The van der Waals surface area contributed by atoms with E-state index in [1.807, 2.05) is 6.07 Å². The van der Waals surface area contributed by atoms with Gasteiger partial charge < -0.3 is 10.2 Å². The quantitative estimate of drug-likeness (QED) is 0.904. The Balaban J connectivity index is 1.75. The molecule has 3 rings (SSSR count). The number of hydrogen-bond donors (Lipinski definition) is 1. The van der Waals surface area contributed by atoms with E-state index in [0.717, 1.165) is 23.9 Å². The largest absolute Gasteiger partial charge is 0.336 e. The van der Waals surface area contributed by atoms with Crippen LogP contribution in [0.1, 0.15) is 18.4 Å². The minimum absolute atomic E-state index is 0.0901. The average molecular weight is 327 g/mol. The number of benzene rings is 1. The number of piperidine rings is 1. The average Bonchev–Trinajstić information content (AvgIpc) is 2.70. The third-order valence-electron chi connectivity index (χ3n) is 4.01. The Morgan fingerprint density at radius 1 is 1.47 bits per heavy atom. The summed E-state index contributed by atoms with van der Waals surface area (Å²) in [6.07, 6.45) is 2.00. The number of carbonyl (C=O) groups is 1. The van der Waals surface area contributed by atoms with Gasteiger partial charge in [-0.05, 0) is 31.5 Å². The predicted octanol–water partition coefficient (Wildman–Crippen LogP) is 2.30. The molecule has 1 aromatic rings. The van der Waals surface area contributed by atoms with Crippen LogP contribution < -0.4 is 5.32 Å². The van der Waals surface area contributed by atoms with E-state index in [1.54, 1.807) is 11.0 Å². The molecule has 1 aromatic carbocycles. The van der Waals surface area contributed by atoms with E-state index in [-0.39, 0.29) is 23.7 Å². The topological polar surface area (TPSA) is 32.3 Å². The maximum Gasteiger partial charge on any atom is 0.227 e. The van der Waals surface area contributed by atoms with Crippen molar-refractivity contribution in [1.29, 1.82) is 0 Å². The summed E-state index contributed by atoms with van der Waals surface area (Å²) in [4.78, 5) is 14.1. The molecule has 5 heteroatoms. The summed E-state index contributed by atoms with van der Waals surface area (Å²) in [6.45, 7) is 2.04. The Labute approximate surface area is 120 Å². The third-order valence-corrected chi connectivity index (χ3v) is 4.50. The number of carbonyl (C=O) groups excluding carboxylic acids is 1. The molecular weight excluding hydrogens is 311 g/mol. The van der Waals surface area contributed by atoms with Gasteiger partial charge in [0.05, 0.1) is 5.92 Å². The summed E-state index contributed by atoms with van der Waals surface area (Å²) in [7, 11) is 0. The van der Waals surface area contributed by atoms with E-state index >= 15 is 0 Å². The van der Waals surface area contributed by atoms with Gasteiger partial charge in [0, 0.05) is 29.2 Å². The highest BCUT2D eigenvalue weighted by Gasteiger charge is 2.41. The van der Waals surface area contributed by atoms with Crippen molar-refractivity contribution in [3.63, 3.8) is 0 Å². The van der Waals surface area contributed by atoms with Gasteiger partial charge in [-0.25, -0.2) is 4.39 Å². The molecule has 2 fully saturated rings. The van der Waals surface area contributed by atoms with Crippen molar-refractivity contribution in [2.24, 2.45) is 5.92 Å². The van der Waals surface area contributed by atoms with Crippen LogP contribution in [0.25, 0.3) is 0 Å². The monoisotopic (exact) mass is 326 g/mol. The number of hydrogen-bond acceptors (Lipinski definition) is 2. The summed E-state index contributed by atoms with van der Waals surface area (Å²) in [5, 5.41) is 3.39. The van der Waals surface area contributed by atoms with E-state index in [9.17, 15) is 9.18 Å². The second-order valence-electron chi connectivity index (χ2n) is 5.26. The summed E-state index contributed by atoms with van der Waals surface area (Å²) in [6, 6.07) is 5.24. The molecule has 0 aromatic heterocycles. The van der Waals surface area contributed by atoms with Gasteiger partial charge in [-0.15, -0.1) is 0 Å². The standard InChI is InChI=1S/C14H16BrFN2O/c15-10-4-3-9(12(16)6-10)7-18-8-13-11(14(18)19)2-1-5-17-13/h3-4,6,11,13,17H,1-2,5,7-8H2. The number of nitrogens with one attached hydrogen (secondary N) is 1. The summed E-state index contributed by atoms with van der Waals surface area (Å²) < 4.78 is 14.5. The van der Waals surface area contributed by atoms with Crippen molar-refractivity contribution in [1.82, 2.24) is 10.2 Å². The molecule has 3 nitrogen and oxygen atoms in total. The van der Waals surface area contributed by atoms with Crippen LogP contribution in [0, 0.1) is 11.7 Å². The minimum Gasteiger partial charge on any atom is -0.336 e. The highest BCUT2D eigenvalue weighted by molar-refractivity contribution is 9.10. The number of amides is 1. The number of fused-ring (bicyclic) bond motifs is 1. The molecule has 0 spiro atoms. The van der Waals surface area contributed by atoms with Gasteiger partial charge in [0.1, 0.15) is 5.82 Å². The molecule has 2 aliphatic heterocycles. The van der Waals surface area contributed by atoms with Crippen LogP contribution in [0.15, 0.2) is 22.7 Å². The Bertz CT molecular complexity index is 508. The smallest absolute Gasteiger partial charge is 0.227 e. The molecule has 0 radical (unpaired) electrons. The Kier molecular flexibility index (Phi) is 3.58. The van der Waals surface area contributed by atoms with Gasteiger partial charge in [0.15, 0.2) is 0 Å². The van der Waals surface area contributed by atoms with Crippen LogP contribution in [0.3, 0.4) is 0 Å². The molecule has 0 bridgehead atoms. The van der Waals surface area contributed by atoms with Gasteiger partial charge in [-0.2, -0.15) is 0 Å². The SMILES string of the molecule is O=C1C2CCCNC2CN1Cc1ccc(Br)cc1F. The highest BCUT2D eigenvalue weighted by atomic mass is 79.9. The molecule has 2 atom stereocenters. The molecule has 1 N–H and O–H groups in total. The van der Waals surface area contributed by atoms with E-state index in [1.165, 1.54) is 6.07 Å². The molecule has 102 valence electrons. The first-order valence-electron chi connectivity index (χ1n) is 6.61. The Hall–Kier alpha value is -0.940. The van der Waals surface area contributed by atoms with Gasteiger partial charge in [0.2, 0.25) is 5.91 Å². The van der Waals surface area contributed by atoms with Crippen LogP contribution >= 0.6 is 15.9 Å². The third kappa shape index (κ3) is 2.54. The normalized spacial score (nSPS) is 26.6. The van der Waals surface area contributed by atoms with E-state index in [2.05, 4.69) is 21.2 Å². The zero-order chi connectivity index (χ0) is 13.4. The lowest BCUT2D eigenvalue weighted by Gasteiger charge is -2.23. The summed E-state index contributed by atoms with van der Waals surface area (Å²) >= 11 is 3.24. The van der Waals surface area contributed by atoms with Crippen LogP contribution in [-0.4, -0.2) is 29.9 Å². The van der Waals surface area contributed by atoms with Crippen molar-refractivity contribution in [3.8, 4) is 0 Å². The van der Waals surface area contributed by atoms with Crippen LogP contribution in [0.4, 0.5) is 4.39 Å².